The van der Waals surface area contributed by atoms with Crippen molar-refractivity contribution in [3.05, 3.63) is 70.9 Å². The molecule has 1 aliphatic heterocycles. The third-order valence-electron chi connectivity index (χ3n) is 7.59. The SMILES string of the molecule is O=C(NC1CCCCC1)[C@@H](c1cccs1)N(C(=O)c1cnccn1)c1ccc(S(=O)(=O)N2CCCCCC2)cc1. The third-order valence-corrected chi connectivity index (χ3v) is 10.4. The van der Waals surface area contributed by atoms with Gasteiger partial charge in [0.25, 0.3) is 5.91 Å². The monoisotopic (exact) mass is 581 g/mol. The van der Waals surface area contributed by atoms with E-state index in [1.807, 2.05) is 17.5 Å². The summed E-state index contributed by atoms with van der Waals surface area (Å²) >= 11 is 1.39. The van der Waals surface area contributed by atoms with E-state index >= 15 is 0 Å². The van der Waals surface area contributed by atoms with Gasteiger partial charge in [-0.2, -0.15) is 4.31 Å². The van der Waals surface area contributed by atoms with Crippen molar-refractivity contribution in [2.24, 2.45) is 0 Å². The van der Waals surface area contributed by atoms with Crippen LogP contribution in [0.2, 0.25) is 0 Å². The number of amides is 2. The average molecular weight is 582 g/mol. The van der Waals surface area contributed by atoms with E-state index in [0.717, 1.165) is 57.8 Å². The molecule has 3 heterocycles. The van der Waals surface area contributed by atoms with Gasteiger partial charge in [-0.05, 0) is 61.4 Å². The van der Waals surface area contributed by atoms with Gasteiger partial charge in [-0.15, -0.1) is 11.3 Å². The van der Waals surface area contributed by atoms with Gasteiger partial charge in [0.2, 0.25) is 15.9 Å². The van der Waals surface area contributed by atoms with E-state index in [9.17, 15) is 18.0 Å². The molecule has 0 spiro atoms. The highest BCUT2D eigenvalue weighted by molar-refractivity contribution is 7.89. The molecule has 5 rings (SSSR count). The summed E-state index contributed by atoms with van der Waals surface area (Å²) < 4.78 is 28.3. The minimum Gasteiger partial charge on any atom is -0.351 e. The van der Waals surface area contributed by atoms with Crippen LogP contribution in [0, 0.1) is 0 Å². The quantitative estimate of drug-likeness (QED) is 0.403. The molecule has 2 amide bonds. The molecule has 1 saturated heterocycles. The van der Waals surface area contributed by atoms with Gasteiger partial charge in [0.05, 0.1) is 11.1 Å². The molecule has 11 heteroatoms. The Balaban J connectivity index is 1.52. The van der Waals surface area contributed by atoms with Gasteiger partial charge >= 0.3 is 0 Å². The minimum atomic E-state index is -3.67. The van der Waals surface area contributed by atoms with Crippen molar-refractivity contribution in [2.75, 3.05) is 18.0 Å². The predicted molar refractivity (Wildman–Crippen MR) is 155 cm³/mol. The summed E-state index contributed by atoms with van der Waals surface area (Å²) in [6.07, 6.45) is 13.1. The van der Waals surface area contributed by atoms with Crippen LogP contribution in [0.1, 0.15) is 79.2 Å². The van der Waals surface area contributed by atoms with Crippen LogP contribution in [0.4, 0.5) is 5.69 Å². The summed E-state index contributed by atoms with van der Waals surface area (Å²) in [5.74, 6) is -0.763. The second-order valence-corrected chi connectivity index (χ2v) is 13.3. The molecule has 2 aliphatic rings. The van der Waals surface area contributed by atoms with E-state index in [1.54, 1.807) is 16.4 Å². The van der Waals surface area contributed by atoms with Crippen LogP contribution in [0.5, 0.6) is 0 Å². The van der Waals surface area contributed by atoms with Crippen LogP contribution in [-0.2, 0) is 14.8 Å². The van der Waals surface area contributed by atoms with E-state index in [4.69, 9.17) is 0 Å². The smallest absolute Gasteiger partial charge is 0.279 e. The zero-order chi connectivity index (χ0) is 28.0. The van der Waals surface area contributed by atoms with Crippen molar-refractivity contribution >= 4 is 38.9 Å². The maximum atomic E-state index is 14.0. The van der Waals surface area contributed by atoms with Crippen molar-refractivity contribution in [1.29, 1.82) is 0 Å². The van der Waals surface area contributed by atoms with Gasteiger partial charge in [0.15, 0.2) is 6.04 Å². The first-order chi connectivity index (χ1) is 19.4. The fourth-order valence-corrected chi connectivity index (χ4v) is 7.80. The number of thiophene rings is 1. The van der Waals surface area contributed by atoms with E-state index in [-0.39, 0.29) is 22.5 Å². The Morgan fingerprint density at radius 1 is 0.950 bits per heavy atom. The highest BCUT2D eigenvalue weighted by atomic mass is 32.2. The average Bonchev–Trinajstić information content (AvgIpc) is 3.36. The Kier molecular flexibility index (Phi) is 9.23. The summed E-state index contributed by atoms with van der Waals surface area (Å²) in [6, 6.07) is 9.05. The first-order valence-corrected chi connectivity index (χ1v) is 16.3. The molecule has 0 unspecified atom stereocenters. The van der Waals surface area contributed by atoms with E-state index < -0.39 is 22.0 Å². The fraction of sp³-hybridized carbons (Fsp3) is 0.448. The standard InChI is InChI=1S/C29H35N5O4S2/c35-28(32-22-9-4-3-5-10-22)27(26-11-8-20-39-26)34(29(36)25-21-30-16-17-31-25)23-12-14-24(15-13-23)40(37,38)33-18-6-1-2-7-19-33/h8,11-17,20-22,27H,1-7,9-10,18-19H2,(H,32,35)/t27-/m1/s1. The first kappa shape index (κ1) is 28.4. The van der Waals surface area contributed by atoms with Gasteiger partial charge in [0.1, 0.15) is 5.69 Å². The number of nitrogens with one attached hydrogen (secondary N) is 1. The Labute approximate surface area is 239 Å². The van der Waals surface area contributed by atoms with Crippen LogP contribution in [-0.4, -0.2) is 53.6 Å². The summed E-state index contributed by atoms with van der Waals surface area (Å²) in [5, 5.41) is 5.06. The number of hydrogen-bond donors (Lipinski definition) is 1. The molecular weight excluding hydrogens is 546 g/mol. The van der Waals surface area contributed by atoms with Crippen molar-refractivity contribution in [3.63, 3.8) is 0 Å². The molecule has 2 fully saturated rings. The molecule has 1 saturated carbocycles. The second-order valence-electron chi connectivity index (χ2n) is 10.3. The molecule has 9 nitrogen and oxygen atoms in total. The van der Waals surface area contributed by atoms with Crippen molar-refractivity contribution < 1.29 is 18.0 Å². The number of carbonyl (C=O) groups excluding carboxylic acids is 2. The van der Waals surface area contributed by atoms with Crippen LogP contribution >= 0.6 is 11.3 Å². The first-order valence-electron chi connectivity index (χ1n) is 14.0. The Morgan fingerprint density at radius 3 is 2.27 bits per heavy atom. The number of aromatic nitrogens is 2. The normalized spacial score (nSPS) is 18.0. The molecule has 1 aliphatic carbocycles. The summed E-state index contributed by atoms with van der Waals surface area (Å²) in [5.41, 5.74) is 0.499. The topological polar surface area (TPSA) is 113 Å². The van der Waals surface area contributed by atoms with E-state index in [0.29, 0.717) is 23.7 Å². The number of sulfonamides is 1. The molecular formula is C29H35N5O4S2. The lowest BCUT2D eigenvalue weighted by Crippen LogP contribution is -2.47. The summed E-state index contributed by atoms with van der Waals surface area (Å²) in [4.78, 5) is 38.4. The molecule has 212 valence electrons. The zero-order valence-corrected chi connectivity index (χ0v) is 24.1. The third kappa shape index (κ3) is 6.42. The summed E-state index contributed by atoms with van der Waals surface area (Å²) in [6.45, 7) is 1.01. The molecule has 2 aromatic heterocycles. The predicted octanol–water partition coefficient (Wildman–Crippen LogP) is 4.94. The lowest BCUT2D eigenvalue weighted by Gasteiger charge is -2.32. The highest BCUT2D eigenvalue weighted by Crippen LogP contribution is 2.33. The van der Waals surface area contributed by atoms with Crippen LogP contribution in [0.15, 0.2) is 65.3 Å². The number of nitrogens with zero attached hydrogens (tertiary/aromatic N) is 4. The summed E-state index contributed by atoms with van der Waals surface area (Å²) in [7, 11) is -3.67. The van der Waals surface area contributed by atoms with Crippen LogP contribution in [0.25, 0.3) is 0 Å². The number of carbonyl (C=O) groups is 2. The fourth-order valence-electron chi connectivity index (χ4n) is 5.47. The highest BCUT2D eigenvalue weighted by Gasteiger charge is 2.36. The minimum absolute atomic E-state index is 0.0540. The molecule has 1 atom stereocenters. The van der Waals surface area contributed by atoms with Crippen LogP contribution in [0.3, 0.4) is 0 Å². The van der Waals surface area contributed by atoms with Crippen molar-refractivity contribution in [3.8, 4) is 0 Å². The number of rotatable bonds is 8. The van der Waals surface area contributed by atoms with Crippen LogP contribution < -0.4 is 10.2 Å². The molecule has 1 aromatic carbocycles. The van der Waals surface area contributed by atoms with Crippen molar-refractivity contribution in [1.82, 2.24) is 19.6 Å². The number of benzene rings is 1. The maximum Gasteiger partial charge on any atom is 0.279 e. The molecule has 0 bridgehead atoms. The van der Waals surface area contributed by atoms with Gasteiger partial charge in [0, 0.05) is 42.1 Å². The number of hydrogen-bond acceptors (Lipinski definition) is 7. The zero-order valence-electron chi connectivity index (χ0n) is 22.4. The largest absolute Gasteiger partial charge is 0.351 e. The Bertz CT molecular complexity index is 1370. The molecule has 3 aromatic rings. The molecule has 40 heavy (non-hydrogen) atoms. The van der Waals surface area contributed by atoms with Gasteiger partial charge in [-0.25, -0.2) is 13.4 Å². The number of anilines is 1. The lowest BCUT2D eigenvalue weighted by molar-refractivity contribution is -0.123. The van der Waals surface area contributed by atoms with E-state index in [2.05, 4.69) is 15.3 Å². The Morgan fingerprint density at radius 2 is 1.65 bits per heavy atom. The maximum absolute atomic E-state index is 14.0. The molecule has 0 radical (unpaired) electrons. The van der Waals surface area contributed by atoms with Gasteiger partial charge in [-0.3, -0.25) is 19.5 Å². The lowest BCUT2D eigenvalue weighted by atomic mass is 9.95. The molecule has 1 N–H and O–H groups in total. The second kappa shape index (κ2) is 13.0. The van der Waals surface area contributed by atoms with Gasteiger partial charge in [-0.1, -0.05) is 38.2 Å². The Hall–Kier alpha value is -3.15. The van der Waals surface area contributed by atoms with E-state index in [1.165, 1.54) is 47.0 Å². The van der Waals surface area contributed by atoms with Crippen molar-refractivity contribution in [2.45, 2.75) is 74.8 Å². The van der Waals surface area contributed by atoms with Gasteiger partial charge < -0.3 is 5.32 Å².